The second-order valence-corrected chi connectivity index (χ2v) is 9.92. The van der Waals surface area contributed by atoms with Crippen molar-refractivity contribution in [3.63, 3.8) is 0 Å². The first-order chi connectivity index (χ1) is 8.66. The number of hydrogen-bond acceptors (Lipinski definition) is 6. The Morgan fingerprint density at radius 2 is 2.16 bits per heavy atom. The predicted octanol–water partition coefficient (Wildman–Crippen LogP) is 0.475. The summed E-state index contributed by atoms with van der Waals surface area (Å²) in [5.74, 6) is -0.213. The fourth-order valence-corrected chi connectivity index (χ4v) is 6.71. The maximum absolute atomic E-state index is 12.1. The summed E-state index contributed by atoms with van der Waals surface area (Å²) in [6.07, 6.45) is 0.255. The number of nitrogens with one attached hydrogen (secondary N) is 1. The Morgan fingerprint density at radius 1 is 1.47 bits per heavy atom. The van der Waals surface area contributed by atoms with Gasteiger partial charge in [0, 0.05) is 5.54 Å². The average Bonchev–Trinajstić information content (AvgIpc) is 2.83. The molecule has 2 heterocycles. The molecule has 19 heavy (non-hydrogen) atoms. The Bertz CT molecular complexity index is 742. The van der Waals surface area contributed by atoms with E-state index in [-0.39, 0.29) is 22.1 Å². The molecule has 1 aliphatic heterocycles. The van der Waals surface area contributed by atoms with E-state index in [0.29, 0.717) is 4.88 Å². The number of hydrogen-bond donors (Lipinski definition) is 1. The van der Waals surface area contributed by atoms with Crippen LogP contribution in [0.15, 0.2) is 16.3 Å². The highest BCUT2D eigenvalue weighted by Crippen LogP contribution is 2.27. The van der Waals surface area contributed by atoms with E-state index in [2.05, 4.69) is 4.72 Å². The molecule has 0 bridgehead atoms. The van der Waals surface area contributed by atoms with Crippen molar-refractivity contribution in [2.75, 3.05) is 11.5 Å². The molecule has 1 aromatic rings. The molecule has 0 amide bonds. The molecule has 1 aliphatic rings. The van der Waals surface area contributed by atoms with Crippen LogP contribution in [0.1, 0.15) is 18.2 Å². The number of nitrogens with zero attached hydrogens (tertiary/aromatic N) is 1. The Labute approximate surface area is 116 Å². The highest BCUT2D eigenvalue weighted by Gasteiger charge is 2.41. The minimum atomic E-state index is -3.79. The van der Waals surface area contributed by atoms with Crippen LogP contribution in [0.25, 0.3) is 0 Å². The van der Waals surface area contributed by atoms with Gasteiger partial charge in [-0.05, 0) is 25.5 Å². The second-order valence-electron chi connectivity index (χ2n) is 4.74. The smallest absolute Gasteiger partial charge is 0.229 e. The van der Waals surface area contributed by atoms with Gasteiger partial charge in [0.1, 0.15) is 15.2 Å². The lowest BCUT2D eigenvalue weighted by atomic mass is 10.0. The van der Waals surface area contributed by atoms with E-state index in [1.54, 1.807) is 6.92 Å². The van der Waals surface area contributed by atoms with Crippen LogP contribution in [0.2, 0.25) is 0 Å². The fourth-order valence-electron chi connectivity index (χ4n) is 1.99. The zero-order chi connectivity index (χ0) is 14.3. The first-order valence-electron chi connectivity index (χ1n) is 5.40. The van der Waals surface area contributed by atoms with Crippen molar-refractivity contribution >= 4 is 31.2 Å². The van der Waals surface area contributed by atoms with Gasteiger partial charge in [-0.2, -0.15) is 5.26 Å². The average molecular weight is 320 g/mol. The van der Waals surface area contributed by atoms with Gasteiger partial charge in [-0.15, -0.1) is 11.3 Å². The van der Waals surface area contributed by atoms with Gasteiger partial charge in [0.05, 0.1) is 11.5 Å². The van der Waals surface area contributed by atoms with Gasteiger partial charge >= 0.3 is 0 Å². The van der Waals surface area contributed by atoms with Gasteiger partial charge in [0.15, 0.2) is 9.84 Å². The van der Waals surface area contributed by atoms with Gasteiger partial charge in [-0.1, -0.05) is 0 Å². The third-order valence-corrected chi connectivity index (χ3v) is 7.86. The van der Waals surface area contributed by atoms with E-state index in [1.807, 2.05) is 6.07 Å². The van der Waals surface area contributed by atoms with Crippen molar-refractivity contribution in [1.29, 1.82) is 5.26 Å². The lowest BCUT2D eigenvalue weighted by Gasteiger charge is -2.22. The summed E-state index contributed by atoms with van der Waals surface area (Å²) >= 11 is 0.861. The molecule has 6 nitrogen and oxygen atoms in total. The molecule has 2 rings (SSSR count). The molecule has 1 unspecified atom stereocenters. The molecule has 1 N–H and O–H groups in total. The van der Waals surface area contributed by atoms with Crippen LogP contribution in [-0.4, -0.2) is 33.9 Å². The molecular weight excluding hydrogens is 308 g/mol. The number of nitriles is 1. The van der Waals surface area contributed by atoms with Crippen LogP contribution >= 0.6 is 11.3 Å². The molecule has 1 fully saturated rings. The summed E-state index contributed by atoms with van der Waals surface area (Å²) in [6.45, 7) is 1.58. The number of sulfonamides is 1. The van der Waals surface area contributed by atoms with Crippen molar-refractivity contribution < 1.29 is 16.8 Å². The van der Waals surface area contributed by atoms with Crippen molar-refractivity contribution in [3.05, 3.63) is 17.0 Å². The van der Waals surface area contributed by atoms with Crippen molar-refractivity contribution in [2.45, 2.75) is 23.1 Å². The van der Waals surface area contributed by atoms with Gasteiger partial charge in [0.2, 0.25) is 0 Å². The Morgan fingerprint density at radius 3 is 2.63 bits per heavy atom. The van der Waals surface area contributed by atoms with Crippen LogP contribution in [0.3, 0.4) is 0 Å². The molecular formula is C10H12N2O4S3. The lowest BCUT2D eigenvalue weighted by molar-refractivity contribution is 0.462. The summed E-state index contributed by atoms with van der Waals surface area (Å²) in [4.78, 5) is 0.296. The highest BCUT2D eigenvalue weighted by molar-refractivity contribution is 7.92. The number of thiophene rings is 1. The maximum Gasteiger partial charge on any atom is 0.250 e. The van der Waals surface area contributed by atoms with Crippen molar-refractivity contribution in [2.24, 2.45) is 0 Å². The molecule has 0 spiro atoms. The Kier molecular flexibility index (Phi) is 3.47. The molecule has 0 aromatic carbocycles. The number of rotatable bonds is 3. The van der Waals surface area contributed by atoms with E-state index in [1.165, 1.54) is 12.1 Å². The summed E-state index contributed by atoms with van der Waals surface area (Å²) in [6, 6.07) is 4.64. The lowest BCUT2D eigenvalue weighted by Crippen LogP contribution is -2.46. The van der Waals surface area contributed by atoms with Gasteiger partial charge in [-0.25, -0.2) is 21.6 Å². The van der Waals surface area contributed by atoms with Crippen molar-refractivity contribution in [3.8, 4) is 6.07 Å². The molecule has 0 saturated carbocycles. The van der Waals surface area contributed by atoms with Crippen LogP contribution in [0.4, 0.5) is 0 Å². The Hall–Kier alpha value is -0.950. The third kappa shape index (κ3) is 3.14. The minimum Gasteiger partial charge on any atom is -0.229 e. The fraction of sp³-hybridized carbons (Fsp3) is 0.500. The summed E-state index contributed by atoms with van der Waals surface area (Å²) in [5.41, 5.74) is -0.978. The molecule has 0 aliphatic carbocycles. The molecule has 1 aromatic heterocycles. The number of sulfone groups is 1. The SMILES string of the molecule is CC1(NS(=O)(=O)c2ccc(C#N)s2)CCS(=O)(=O)C1. The van der Waals surface area contributed by atoms with Crippen LogP contribution in [-0.2, 0) is 19.9 Å². The molecule has 0 radical (unpaired) electrons. The quantitative estimate of drug-likeness (QED) is 0.872. The molecule has 1 atom stereocenters. The van der Waals surface area contributed by atoms with Crippen LogP contribution in [0, 0.1) is 11.3 Å². The molecule has 9 heteroatoms. The summed E-state index contributed by atoms with van der Waals surface area (Å²) in [7, 11) is -6.97. The topological polar surface area (TPSA) is 104 Å². The monoisotopic (exact) mass is 320 g/mol. The highest BCUT2D eigenvalue weighted by atomic mass is 32.2. The molecule has 1 saturated heterocycles. The normalized spacial score (nSPS) is 26.1. The molecule has 104 valence electrons. The summed E-state index contributed by atoms with van der Waals surface area (Å²) in [5, 5.41) is 8.69. The van der Waals surface area contributed by atoms with Gasteiger partial charge in [0.25, 0.3) is 10.0 Å². The maximum atomic E-state index is 12.1. The summed E-state index contributed by atoms with van der Waals surface area (Å²) < 4.78 is 49.6. The van der Waals surface area contributed by atoms with Crippen LogP contribution < -0.4 is 4.72 Å². The predicted molar refractivity (Wildman–Crippen MR) is 71.0 cm³/mol. The van der Waals surface area contributed by atoms with Gasteiger partial charge < -0.3 is 0 Å². The second kappa shape index (κ2) is 4.56. The van der Waals surface area contributed by atoms with E-state index in [9.17, 15) is 16.8 Å². The first-order valence-corrected chi connectivity index (χ1v) is 9.52. The van der Waals surface area contributed by atoms with Crippen molar-refractivity contribution in [1.82, 2.24) is 4.72 Å². The minimum absolute atomic E-state index is 0.0140. The third-order valence-electron chi connectivity index (χ3n) is 2.84. The zero-order valence-corrected chi connectivity index (χ0v) is 12.5. The van der Waals surface area contributed by atoms with E-state index < -0.39 is 25.4 Å². The van der Waals surface area contributed by atoms with E-state index >= 15 is 0 Å². The van der Waals surface area contributed by atoms with Gasteiger partial charge in [-0.3, -0.25) is 0 Å². The largest absolute Gasteiger partial charge is 0.250 e. The van der Waals surface area contributed by atoms with E-state index in [4.69, 9.17) is 5.26 Å². The zero-order valence-electron chi connectivity index (χ0n) is 10.1. The van der Waals surface area contributed by atoms with Crippen LogP contribution in [0.5, 0.6) is 0 Å². The Balaban J connectivity index is 2.26. The first kappa shape index (κ1) is 14.5. The standard InChI is InChI=1S/C10H12N2O4S3/c1-10(4-5-18(13,14)7-10)12-19(15,16)9-3-2-8(6-11)17-9/h2-3,12H,4-5,7H2,1H3. The van der Waals surface area contributed by atoms with E-state index in [0.717, 1.165) is 11.3 Å².